The summed E-state index contributed by atoms with van der Waals surface area (Å²) in [5.74, 6) is 0.0388. The van der Waals surface area contributed by atoms with E-state index in [2.05, 4.69) is 0 Å². The summed E-state index contributed by atoms with van der Waals surface area (Å²) in [6.07, 6.45) is 0. The number of phenolic OH excluding ortho intramolecular Hbond substituents is 1. The van der Waals surface area contributed by atoms with Crippen LogP contribution in [0, 0.1) is 6.92 Å². The van der Waals surface area contributed by atoms with Gasteiger partial charge in [0, 0.05) is 14.0 Å². The molecule has 0 aromatic heterocycles. The topological polar surface area (TPSA) is 40.5 Å². The molecule has 0 bridgehead atoms. The number of rotatable bonds is 1. The Morgan fingerprint density at radius 1 is 1.46 bits per heavy atom. The maximum Gasteiger partial charge on any atom is 0.223 e. The van der Waals surface area contributed by atoms with Crippen molar-refractivity contribution in [1.29, 1.82) is 0 Å². The average Bonchev–Trinajstić information content (AvgIpc) is 2.03. The van der Waals surface area contributed by atoms with Crippen LogP contribution in [0.5, 0.6) is 5.75 Å². The summed E-state index contributed by atoms with van der Waals surface area (Å²) in [4.78, 5) is 12.4. The van der Waals surface area contributed by atoms with Gasteiger partial charge in [-0.2, -0.15) is 0 Å². The van der Waals surface area contributed by atoms with Crippen molar-refractivity contribution < 1.29 is 9.90 Å². The van der Waals surface area contributed by atoms with Gasteiger partial charge in [-0.25, -0.2) is 0 Å². The summed E-state index contributed by atoms with van der Waals surface area (Å²) in [5, 5.41) is 9.52. The van der Waals surface area contributed by atoms with Crippen LogP contribution in [-0.4, -0.2) is 18.1 Å². The number of benzene rings is 1. The molecule has 0 saturated carbocycles. The number of hydrogen-bond acceptors (Lipinski definition) is 2. The normalized spacial score (nSPS) is 9.77. The number of carbonyl (C=O) groups is 1. The predicted octanol–water partition coefficient (Wildman–Crippen LogP) is 1.68. The molecular formula is C10H13NO2. The van der Waals surface area contributed by atoms with Gasteiger partial charge in [0.2, 0.25) is 5.91 Å². The molecule has 1 rings (SSSR count). The third-order valence-electron chi connectivity index (χ3n) is 1.96. The largest absolute Gasteiger partial charge is 0.506 e. The van der Waals surface area contributed by atoms with Crippen LogP contribution >= 0.6 is 0 Å². The highest BCUT2D eigenvalue weighted by molar-refractivity contribution is 5.92. The molecule has 0 aliphatic carbocycles. The number of anilines is 1. The lowest BCUT2D eigenvalue weighted by Crippen LogP contribution is -2.22. The number of amides is 1. The second kappa shape index (κ2) is 3.47. The number of phenols is 1. The van der Waals surface area contributed by atoms with E-state index in [1.54, 1.807) is 19.2 Å². The van der Waals surface area contributed by atoms with Gasteiger partial charge in [-0.3, -0.25) is 4.79 Å². The molecule has 1 aromatic rings. The first kappa shape index (κ1) is 9.58. The van der Waals surface area contributed by atoms with Crippen LogP contribution in [0.25, 0.3) is 0 Å². The fourth-order valence-electron chi connectivity index (χ4n) is 1.09. The highest BCUT2D eigenvalue weighted by atomic mass is 16.3. The number of hydrogen-bond donors (Lipinski definition) is 1. The van der Waals surface area contributed by atoms with E-state index in [-0.39, 0.29) is 11.7 Å². The minimum atomic E-state index is -0.0980. The number of nitrogens with zero attached hydrogens (tertiary/aromatic N) is 1. The maximum absolute atomic E-state index is 11.0. The quantitative estimate of drug-likeness (QED) is 0.712. The van der Waals surface area contributed by atoms with Gasteiger partial charge in [0.05, 0.1) is 5.69 Å². The van der Waals surface area contributed by atoms with Crippen LogP contribution in [0.4, 0.5) is 5.69 Å². The first-order chi connectivity index (χ1) is 6.02. The maximum atomic E-state index is 11.0. The van der Waals surface area contributed by atoms with Crippen LogP contribution in [-0.2, 0) is 4.79 Å². The van der Waals surface area contributed by atoms with Crippen molar-refractivity contribution in [2.24, 2.45) is 0 Å². The summed E-state index contributed by atoms with van der Waals surface area (Å²) in [6.45, 7) is 3.34. The molecule has 0 aliphatic heterocycles. The van der Waals surface area contributed by atoms with Gasteiger partial charge < -0.3 is 10.0 Å². The van der Waals surface area contributed by atoms with Crippen molar-refractivity contribution in [2.45, 2.75) is 13.8 Å². The fraction of sp³-hybridized carbons (Fsp3) is 0.300. The highest BCUT2D eigenvalue weighted by Gasteiger charge is 2.09. The number of aromatic hydroxyl groups is 1. The van der Waals surface area contributed by atoms with Crippen molar-refractivity contribution in [3.63, 3.8) is 0 Å². The molecule has 0 heterocycles. The molecule has 0 fully saturated rings. The van der Waals surface area contributed by atoms with Crippen molar-refractivity contribution in [1.82, 2.24) is 0 Å². The number of carbonyl (C=O) groups excluding carboxylic acids is 1. The van der Waals surface area contributed by atoms with Crippen LogP contribution in [0.2, 0.25) is 0 Å². The summed E-state index contributed by atoms with van der Waals surface area (Å²) in [6, 6.07) is 5.22. The van der Waals surface area contributed by atoms with Gasteiger partial charge in [0.25, 0.3) is 0 Å². The van der Waals surface area contributed by atoms with Crippen LogP contribution in [0.3, 0.4) is 0 Å². The van der Waals surface area contributed by atoms with Gasteiger partial charge in [0.1, 0.15) is 5.75 Å². The molecular weight excluding hydrogens is 166 g/mol. The summed E-state index contributed by atoms with van der Waals surface area (Å²) < 4.78 is 0. The van der Waals surface area contributed by atoms with Gasteiger partial charge in [0.15, 0.2) is 0 Å². The average molecular weight is 179 g/mol. The zero-order valence-electron chi connectivity index (χ0n) is 8.03. The minimum Gasteiger partial charge on any atom is -0.506 e. The molecule has 70 valence electrons. The Morgan fingerprint density at radius 3 is 2.54 bits per heavy atom. The molecule has 0 aliphatic rings. The Bertz CT molecular complexity index is 334. The first-order valence-electron chi connectivity index (χ1n) is 4.06. The molecule has 0 unspecified atom stereocenters. The van der Waals surface area contributed by atoms with E-state index in [0.29, 0.717) is 5.69 Å². The molecule has 0 saturated heterocycles. The van der Waals surface area contributed by atoms with Gasteiger partial charge in [-0.15, -0.1) is 0 Å². The SMILES string of the molecule is CC(=O)N(C)c1ccc(C)cc1O. The monoisotopic (exact) mass is 179 g/mol. The Balaban J connectivity index is 3.08. The van der Waals surface area contributed by atoms with Crippen LogP contribution in [0.1, 0.15) is 12.5 Å². The second-order valence-electron chi connectivity index (χ2n) is 3.07. The van der Waals surface area contributed by atoms with E-state index in [1.807, 2.05) is 13.0 Å². The lowest BCUT2D eigenvalue weighted by molar-refractivity contribution is -0.116. The molecule has 0 atom stereocenters. The van der Waals surface area contributed by atoms with Crippen LogP contribution < -0.4 is 4.90 Å². The molecule has 3 nitrogen and oxygen atoms in total. The molecule has 0 spiro atoms. The first-order valence-corrected chi connectivity index (χ1v) is 4.06. The molecule has 1 aromatic carbocycles. The smallest absolute Gasteiger partial charge is 0.223 e. The molecule has 1 N–H and O–H groups in total. The van der Waals surface area contributed by atoms with Gasteiger partial charge in [-0.1, -0.05) is 6.07 Å². The Kier molecular flexibility index (Phi) is 2.56. The summed E-state index contributed by atoms with van der Waals surface area (Å²) in [5.41, 5.74) is 1.51. The molecule has 3 heteroatoms. The highest BCUT2D eigenvalue weighted by Crippen LogP contribution is 2.26. The zero-order chi connectivity index (χ0) is 10.0. The summed E-state index contributed by atoms with van der Waals surface area (Å²) >= 11 is 0. The van der Waals surface area contributed by atoms with E-state index in [4.69, 9.17) is 0 Å². The molecule has 0 radical (unpaired) electrons. The van der Waals surface area contributed by atoms with E-state index in [1.165, 1.54) is 11.8 Å². The second-order valence-corrected chi connectivity index (χ2v) is 3.07. The molecule has 13 heavy (non-hydrogen) atoms. The van der Waals surface area contributed by atoms with Crippen molar-refractivity contribution in [2.75, 3.05) is 11.9 Å². The van der Waals surface area contributed by atoms with E-state index < -0.39 is 0 Å². The summed E-state index contributed by atoms with van der Waals surface area (Å²) in [7, 11) is 1.63. The minimum absolute atomic E-state index is 0.0980. The Morgan fingerprint density at radius 2 is 2.08 bits per heavy atom. The van der Waals surface area contributed by atoms with Crippen molar-refractivity contribution >= 4 is 11.6 Å². The predicted molar refractivity (Wildman–Crippen MR) is 51.9 cm³/mol. The lowest BCUT2D eigenvalue weighted by atomic mass is 10.2. The van der Waals surface area contributed by atoms with Gasteiger partial charge >= 0.3 is 0 Å². The fourth-order valence-corrected chi connectivity index (χ4v) is 1.09. The molecule has 1 amide bonds. The van der Waals surface area contributed by atoms with Crippen molar-refractivity contribution in [3.8, 4) is 5.75 Å². The Hall–Kier alpha value is -1.51. The Labute approximate surface area is 77.6 Å². The zero-order valence-corrected chi connectivity index (χ0v) is 8.03. The van der Waals surface area contributed by atoms with Crippen molar-refractivity contribution in [3.05, 3.63) is 23.8 Å². The van der Waals surface area contributed by atoms with Crippen LogP contribution in [0.15, 0.2) is 18.2 Å². The third kappa shape index (κ3) is 1.99. The van der Waals surface area contributed by atoms with E-state index >= 15 is 0 Å². The third-order valence-corrected chi connectivity index (χ3v) is 1.96. The van der Waals surface area contributed by atoms with Gasteiger partial charge in [-0.05, 0) is 24.6 Å². The van der Waals surface area contributed by atoms with E-state index in [0.717, 1.165) is 5.56 Å². The van der Waals surface area contributed by atoms with E-state index in [9.17, 15) is 9.90 Å². The lowest BCUT2D eigenvalue weighted by Gasteiger charge is -2.16. The standard InChI is InChI=1S/C10H13NO2/c1-7-4-5-9(10(13)6-7)11(3)8(2)12/h4-6,13H,1-3H3. The number of aryl methyl sites for hydroxylation is 1.